The quantitative estimate of drug-likeness (QED) is 0.0677. The molecule has 9 heteroatoms. The van der Waals surface area contributed by atoms with E-state index in [1.165, 1.54) is 0 Å². The number of ether oxygens (including phenoxy) is 1. The average molecular weight is 631 g/mol. The third-order valence-corrected chi connectivity index (χ3v) is 10.8. The minimum Gasteiger partial charge on any atom is -0.371 e. The second-order valence-electron chi connectivity index (χ2n) is 13.6. The van der Waals surface area contributed by atoms with Gasteiger partial charge >= 0.3 is 0 Å². The molecule has 2 aromatic heterocycles. The molecule has 236 valence electrons. The molecule has 5 aromatic rings. The molecule has 1 saturated heterocycles. The van der Waals surface area contributed by atoms with Gasteiger partial charge in [-0.25, -0.2) is 9.83 Å². The summed E-state index contributed by atoms with van der Waals surface area (Å²) in [6, 6.07) is 21.2. The van der Waals surface area contributed by atoms with Gasteiger partial charge < -0.3 is 14.5 Å². The molecule has 0 atom stereocenters. The number of rotatable bonds is 10. The van der Waals surface area contributed by atoms with Crippen LogP contribution in [0.3, 0.4) is 0 Å². The summed E-state index contributed by atoms with van der Waals surface area (Å²) in [5.41, 5.74) is 5.23. The van der Waals surface area contributed by atoms with Crippen molar-refractivity contribution in [3.05, 3.63) is 95.9 Å². The molecule has 46 heavy (non-hydrogen) atoms. The van der Waals surface area contributed by atoms with Gasteiger partial charge in [0.25, 0.3) is 0 Å². The van der Waals surface area contributed by atoms with Crippen LogP contribution in [0.1, 0.15) is 29.0 Å². The molecule has 0 amide bonds. The number of hydrogen-bond acceptors (Lipinski definition) is 6. The zero-order valence-electron chi connectivity index (χ0n) is 27.5. The summed E-state index contributed by atoms with van der Waals surface area (Å²) >= 11 is 0. The minimum absolute atomic E-state index is 0.204. The van der Waals surface area contributed by atoms with Gasteiger partial charge in [0.15, 0.2) is 11.5 Å². The van der Waals surface area contributed by atoms with Crippen molar-refractivity contribution >= 4 is 47.0 Å². The number of carbonyl (C=O) groups excluding carboxylic acids is 1. The largest absolute Gasteiger partial charge is 0.371 e. The molecule has 0 saturated carbocycles. The number of ketones is 1. The van der Waals surface area contributed by atoms with Gasteiger partial charge in [-0.2, -0.15) is 0 Å². The maximum Gasteiger partial charge on any atom is 0.228 e. The highest BCUT2D eigenvalue weighted by Crippen LogP contribution is 2.36. The van der Waals surface area contributed by atoms with Crippen molar-refractivity contribution < 1.29 is 9.53 Å². The Hall–Kier alpha value is -4.36. The lowest BCUT2D eigenvalue weighted by Crippen LogP contribution is -2.41. The highest BCUT2D eigenvalue weighted by atomic mass is 28.3. The number of carbonyl (C=O) groups is 1. The van der Waals surface area contributed by atoms with E-state index in [4.69, 9.17) is 16.3 Å². The maximum absolute atomic E-state index is 14.3. The minimum atomic E-state index is -1.28. The van der Waals surface area contributed by atoms with Crippen molar-refractivity contribution in [2.24, 2.45) is 0 Å². The summed E-state index contributed by atoms with van der Waals surface area (Å²) in [6.07, 6.45) is 5.81. The molecule has 3 aromatic carbocycles. The van der Waals surface area contributed by atoms with Crippen molar-refractivity contribution in [2.45, 2.75) is 51.3 Å². The number of aromatic nitrogens is 3. The van der Waals surface area contributed by atoms with Gasteiger partial charge in [0, 0.05) is 62.8 Å². The fraction of sp³-hybridized carbons (Fsp3) is 0.351. The number of anilines is 1. The van der Waals surface area contributed by atoms with E-state index in [-0.39, 0.29) is 12.5 Å². The SMILES string of the molecule is [C-]#[N+]c1ccc(C(=O)c2nc3cc(N4CCC(N(C)C)CC4)ccc3n2COCC[Si](C)(C)C)cc1-c1cncc2ccccc12. The Balaban J connectivity index is 1.38. The molecular weight excluding hydrogens is 589 g/mol. The monoisotopic (exact) mass is 630 g/mol. The molecule has 3 heterocycles. The summed E-state index contributed by atoms with van der Waals surface area (Å²) < 4.78 is 8.10. The number of piperidine rings is 1. The summed E-state index contributed by atoms with van der Waals surface area (Å²) in [7, 11) is 3.02. The molecule has 8 nitrogen and oxygen atoms in total. The van der Waals surface area contributed by atoms with Crippen LogP contribution in [0.5, 0.6) is 0 Å². The topological polar surface area (TPSA) is 67.9 Å². The Morgan fingerprint density at radius 1 is 1.02 bits per heavy atom. The van der Waals surface area contributed by atoms with Crippen molar-refractivity contribution in [1.82, 2.24) is 19.4 Å². The fourth-order valence-corrected chi connectivity index (χ4v) is 7.00. The molecule has 0 unspecified atom stereocenters. The van der Waals surface area contributed by atoms with Crippen LogP contribution in [0.4, 0.5) is 11.4 Å². The smallest absolute Gasteiger partial charge is 0.228 e. The van der Waals surface area contributed by atoms with Crippen molar-refractivity contribution in [2.75, 3.05) is 38.7 Å². The molecule has 0 radical (unpaired) electrons. The van der Waals surface area contributed by atoms with Crippen LogP contribution in [0, 0.1) is 6.57 Å². The molecule has 0 N–H and O–H groups in total. The predicted octanol–water partition coefficient (Wildman–Crippen LogP) is 7.88. The first-order valence-corrected chi connectivity index (χ1v) is 19.7. The van der Waals surface area contributed by atoms with Gasteiger partial charge in [0.2, 0.25) is 5.78 Å². The molecule has 0 spiro atoms. The zero-order valence-corrected chi connectivity index (χ0v) is 28.5. The second-order valence-corrected chi connectivity index (χ2v) is 19.3. The van der Waals surface area contributed by atoms with Crippen molar-refractivity contribution in [3.63, 3.8) is 0 Å². The highest BCUT2D eigenvalue weighted by Gasteiger charge is 2.24. The summed E-state index contributed by atoms with van der Waals surface area (Å²) in [5, 5.41) is 1.96. The van der Waals surface area contributed by atoms with Crippen LogP contribution >= 0.6 is 0 Å². The standard InChI is InChI=1S/C37H42N6O2Si/c1-38-33-13-11-26(21-31(33)32-24-39-23-27-9-7-8-10-30(27)32)36(44)37-40-34-22-29(42-17-15-28(16-18-42)41(2)3)12-14-35(34)43(37)25-45-19-20-46(4,5)6/h7-14,21-24,28H,15-20,25H2,2-6H3. The number of benzene rings is 3. The van der Waals surface area contributed by atoms with Crippen LogP contribution in [0.2, 0.25) is 25.7 Å². The Bertz CT molecular complexity index is 1920. The lowest BCUT2D eigenvalue weighted by Gasteiger charge is -2.36. The Morgan fingerprint density at radius 2 is 1.80 bits per heavy atom. The molecule has 0 bridgehead atoms. The third-order valence-electron chi connectivity index (χ3n) is 9.05. The Labute approximate surface area is 272 Å². The first kappa shape index (κ1) is 31.6. The molecule has 1 aliphatic heterocycles. The second kappa shape index (κ2) is 13.2. The molecule has 1 fully saturated rings. The van der Waals surface area contributed by atoms with Gasteiger partial charge in [0.1, 0.15) is 6.73 Å². The van der Waals surface area contributed by atoms with E-state index in [1.807, 2.05) is 41.1 Å². The van der Waals surface area contributed by atoms with Gasteiger partial charge in [-0.15, -0.1) is 0 Å². The van der Waals surface area contributed by atoms with Gasteiger partial charge in [-0.05, 0) is 67.7 Å². The summed E-state index contributed by atoms with van der Waals surface area (Å²) in [6.45, 7) is 17.7. The maximum atomic E-state index is 14.3. The normalized spacial score (nSPS) is 14.3. The van der Waals surface area contributed by atoms with Gasteiger partial charge in [-0.3, -0.25) is 14.3 Å². The number of pyridine rings is 1. The Morgan fingerprint density at radius 3 is 2.54 bits per heavy atom. The number of imidazole rings is 1. The van der Waals surface area contributed by atoms with E-state index >= 15 is 0 Å². The molecule has 6 rings (SSSR count). The van der Waals surface area contributed by atoms with E-state index < -0.39 is 8.07 Å². The molecular formula is C37H42N6O2Si. The molecule has 0 aliphatic carbocycles. The predicted molar refractivity (Wildman–Crippen MR) is 190 cm³/mol. The highest BCUT2D eigenvalue weighted by molar-refractivity contribution is 6.76. The van der Waals surface area contributed by atoms with Crippen molar-refractivity contribution in [3.8, 4) is 11.1 Å². The first-order valence-electron chi connectivity index (χ1n) is 16.0. The number of fused-ring (bicyclic) bond motifs is 2. The third kappa shape index (κ3) is 6.61. The van der Waals surface area contributed by atoms with Gasteiger partial charge in [0.05, 0.1) is 17.6 Å². The van der Waals surface area contributed by atoms with Crippen LogP contribution < -0.4 is 4.90 Å². The van der Waals surface area contributed by atoms with Crippen LogP contribution in [-0.4, -0.2) is 73.1 Å². The van der Waals surface area contributed by atoms with Gasteiger partial charge in [-0.1, -0.05) is 62.1 Å². The lowest BCUT2D eigenvalue weighted by atomic mass is 9.96. The first-order chi connectivity index (χ1) is 22.1. The van der Waals surface area contributed by atoms with Crippen molar-refractivity contribution in [1.29, 1.82) is 0 Å². The van der Waals surface area contributed by atoms with E-state index in [9.17, 15) is 4.79 Å². The average Bonchev–Trinajstić information content (AvgIpc) is 3.43. The summed E-state index contributed by atoms with van der Waals surface area (Å²) in [4.78, 5) is 32.2. The number of hydrogen-bond donors (Lipinski definition) is 0. The summed E-state index contributed by atoms with van der Waals surface area (Å²) in [5.74, 6) is 0.133. The van der Waals surface area contributed by atoms with Crippen LogP contribution in [0.15, 0.2) is 73.1 Å². The van der Waals surface area contributed by atoms with E-state index in [0.29, 0.717) is 35.3 Å². The zero-order chi connectivity index (χ0) is 32.4. The van der Waals surface area contributed by atoms with E-state index in [1.54, 1.807) is 18.3 Å². The number of nitrogens with zero attached hydrogens (tertiary/aromatic N) is 6. The fourth-order valence-electron chi connectivity index (χ4n) is 6.24. The lowest BCUT2D eigenvalue weighted by molar-refractivity contribution is 0.0834. The van der Waals surface area contributed by atoms with Crippen LogP contribution in [-0.2, 0) is 11.5 Å². The molecule has 1 aliphatic rings. The van der Waals surface area contributed by atoms with E-state index in [2.05, 4.69) is 71.6 Å². The van der Waals surface area contributed by atoms with Crippen LogP contribution in [0.25, 0.3) is 37.8 Å². The Kier molecular flexibility index (Phi) is 9.05. The van der Waals surface area contributed by atoms with E-state index in [0.717, 1.165) is 65.0 Å².